The predicted octanol–water partition coefficient (Wildman–Crippen LogP) is 3.77. The van der Waals surface area contributed by atoms with Gasteiger partial charge in [0.1, 0.15) is 0 Å². The topological polar surface area (TPSA) is 51.8 Å². The van der Waals surface area contributed by atoms with Crippen molar-refractivity contribution in [3.05, 3.63) is 60.0 Å². The lowest BCUT2D eigenvalue weighted by atomic mass is 9.97. The van der Waals surface area contributed by atoms with Gasteiger partial charge in [-0.25, -0.2) is 0 Å². The number of nitrogens with two attached hydrogens (primary N) is 1. The number of pyridine rings is 2. The van der Waals surface area contributed by atoms with E-state index in [0.29, 0.717) is 5.56 Å². The van der Waals surface area contributed by atoms with Crippen LogP contribution in [0.5, 0.6) is 0 Å². The number of alkyl halides is 3. The first-order valence-corrected chi connectivity index (χ1v) is 6.61. The van der Waals surface area contributed by atoms with Crippen molar-refractivity contribution in [3.63, 3.8) is 0 Å². The zero-order chi connectivity index (χ0) is 15.7. The highest BCUT2D eigenvalue weighted by Gasteiger charge is 2.36. The first kappa shape index (κ1) is 14.5. The Labute approximate surface area is 124 Å². The standard InChI is InChI=1S/C16H12F3N3/c17-16(18,19)15-12(5-7-22-14(15)9-20)10-3-4-13-11(8-10)2-1-6-21-13/h1-8H,9,20H2. The average molecular weight is 303 g/mol. The molecule has 0 radical (unpaired) electrons. The van der Waals surface area contributed by atoms with Crippen LogP contribution in [0.1, 0.15) is 11.3 Å². The Morgan fingerprint density at radius 3 is 2.55 bits per heavy atom. The number of hydrogen-bond donors (Lipinski definition) is 1. The van der Waals surface area contributed by atoms with E-state index in [1.165, 1.54) is 12.3 Å². The Bertz CT molecular complexity index is 828. The summed E-state index contributed by atoms with van der Waals surface area (Å²) in [7, 11) is 0. The summed E-state index contributed by atoms with van der Waals surface area (Å²) in [6.07, 6.45) is -1.52. The maximum atomic E-state index is 13.4. The monoisotopic (exact) mass is 303 g/mol. The van der Waals surface area contributed by atoms with Crippen molar-refractivity contribution < 1.29 is 13.2 Å². The lowest BCUT2D eigenvalue weighted by Crippen LogP contribution is -2.15. The van der Waals surface area contributed by atoms with Crippen LogP contribution in [0.2, 0.25) is 0 Å². The van der Waals surface area contributed by atoms with Crippen LogP contribution in [0.25, 0.3) is 22.0 Å². The number of benzene rings is 1. The molecule has 2 N–H and O–H groups in total. The molecule has 0 saturated carbocycles. The highest BCUT2D eigenvalue weighted by atomic mass is 19.4. The number of aromatic nitrogens is 2. The second kappa shape index (κ2) is 5.38. The summed E-state index contributed by atoms with van der Waals surface area (Å²) in [5.74, 6) is 0. The van der Waals surface area contributed by atoms with Gasteiger partial charge in [-0.05, 0) is 35.4 Å². The van der Waals surface area contributed by atoms with Gasteiger partial charge in [-0.3, -0.25) is 9.97 Å². The molecule has 0 fully saturated rings. The fraction of sp³-hybridized carbons (Fsp3) is 0.125. The second-order valence-corrected chi connectivity index (χ2v) is 4.79. The Kier molecular flexibility index (Phi) is 3.54. The summed E-state index contributed by atoms with van der Waals surface area (Å²) >= 11 is 0. The molecule has 1 aromatic carbocycles. The lowest BCUT2D eigenvalue weighted by molar-refractivity contribution is -0.138. The average Bonchev–Trinajstić information content (AvgIpc) is 2.52. The van der Waals surface area contributed by atoms with E-state index in [4.69, 9.17) is 5.73 Å². The maximum Gasteiger partial charge on any atom is 0.418 e. The molecule has 2 aromatic heterocycles. The molecule has 0 bridgehead atoms. The quantitative estimate of drug-likeness (QED) is 0.784. The van der Waals surface area contributed by atoms with Gasteiger partial charge in [-0.1, -0.05) is 12.1 Å². The Balaban J connectivity index is 2.26. The number of nitrogens with zero attached hydrogens (tertiary/aromatic N) is 2. The van der Waals surface area contributed by atoms with E-state index in [9.17, 15) is 13.2 Å². The smallest absolute Gasteiger partial charge is 0.325 e. The highest BCUT2D eigenvalue weighted by molar-refractivity contribution is 5.85. The number of hydrogen-bond acceptors (Lipinski definition) is 3. The molecule has 3 nitrogen and oxygen atoms in total. The van der Waals surface area contributed by atoms with Gasteiger partial charge in [0.05, 0.1) is 16.8 Å². The first-order chi connectivity index (χ1) is 10.5. The van der Waals surface area contributed by atoms with Gasteiger partial charge >= 0.3 is 6.18 Å². The van der Waals surface area contributed by atoms with Crippen molar-refractivity contribution in [1.82, 2.24) is 9.97 Å². The predicted molar refractivity (Wildman–Crippen MR) is 77.9 cm³/mol. The van der Waals surface area contributed by atoms with Crippen molar-refractivity contribution in [2.45, 2.75) is 12.7 Å². The number of rotatable bonds is 2. The third-order valence-corrected chi connectivity index (χ3v) is 3.42. The van der Waals surface area contributed by atoms with Crippen LogP contribution in [0.3, 0.4) is 0 Å². The fourth-order valence-corrected chi connectivity index (χ4v) is 2.46. The summed E-state index contributed by atoms with van der Waals surface area (Å²) in [4.78, 5) is 7.92. The number of fused-ring (bicyclic) bond motifs is 1. The van der Waals surface area contributed by atoms with E-state index in [1.807, 2.05) is 6.07 Å². The van der Waals surface area contributed by atoms with E-state index in [1.54, 1.807) is 30.5 Å². The van der Waals surface area contributed by atoms with Gasteiger partial charge < -0.3 is 5.73 Å². The van der Waals surface area contributed by atoms with Crippen LogP contribution in [0, 0.1) is 0 Å². The van der Waals surface area contributed by atoms with Crippen molar-refractivity contribution in [1.29, 1.82) is 0 Å². The first-order valence-electron chi connectivity index (χ1n) is 6.61. The largest absolute Gasteiger partial charge is 0.418 e. The number of halogens is 3. The molecule has 0 amide bonds. The van der Waals surface area contributed by atoms with E-state index in [-0.39, 0.29) is 17.8 Å². The molecule has 0 unspecified atom stereocenters. The van der Waals surface area contributed by atoms with Crippen LogP contribution in [0.15, 0.2) is 48.8 Å². The fourth-order valence-electron chi connectivity index (χ4n) is 2.46. The van der Waals surface area contributed by atoms with Gasteiger partial charge in [0, 0.05) is 24.3 Å². The molecule has 3 aromatic rings. The SMILES string of the molecule is NCc1nccc(-c2ccc3ncccc3c2)c1C(F)(F)F. The molecule has 0 saturated heterocycles. The van der Waals surface area contributed by atoms with E-state index < -0.39 is 11.7 Å². The third-order valence-electron chi connectivity index (χ3n) is 3.42. The second-order valence-electron chi connectivity index (χ2n) is 4.79. The van der Waals surface area contributed by atoms with E-state index >= 15 is 0 Å². The molecule has 6 heteroatoms. The summed E-state index contributed by atoms with van der Waals surface area (Å²) in [6, 6.07) is 9.93. The minimum absolute atomic E-state index is 0.0775. The molecule has 0 aliphatic heterocycles. The van der Waals surface area contributed by atoms with Crippen LogP contribution in [0.4, 0.5) is 13.2 Å². The molecule has 3 rings (SSSR count). The maximum absolute atomic E-state index is 13.4. The minimum atomic E-state index is -4.51. The third kappa shape index (κ3) is 2.53. The Hall–Kier alpha value is -2.47. The minimum Gasteiger partial charge on any atom is -0.325 e. The summed E-state index contributed by atoms with van der Waals surface area (Å²) in [5.41, 5.74) is 5.75. The van der Waals surface area contributed by atoms with Crippen molar-refractivity contribution >= 4 is 10.9 Å². The molecular formula is C16H12F3N3. The molecule has 112 valence electrons. The van der Waals surface area contributed by atoms with Crippen LogP contribution < -0.4 is 5.73 Å². The summed E-state index contributed by atoms with van der Waals surface area (Å²) in [5, 5.41) is 0.777. The van der Waals surface area contributed by atoms with Crippen LogP contribution in [-0.2, 0) is 12.7 Å². The summed E-state index contributed by atoms with van der Waals surface area (Å²) in [6.45, 7) is -0.266. The van der Waals surface area contributed by atoms with Crippen LogP contribution >= 0.6 is 0 Å². The van der Waals surface area contributed by atoms with Gasteiger partial charge in [-0.15, -0.1) is 0 Å². The van der Waals surface area contributed by atoms with Crippen molar-refractivity contribution in [2.24, 2.45) is 5.73 Å². The van der Waals surface area contributed by atoms with Crippen LogP contribution in [-0.4, -0.2) is 9.97 Å². The van der Waals surface area contributed by atoms with Gasteiger partial charge in [0.2, 0.25) is 0 Å². The lowest BCUT2D eigenvalue weighted by Gasteiger charge is -2.16. The zero-order valence-corrected chi connectivity index (χ0v) is 11.4. The van der Waals surface area contributed by atoms with Gasteiger partial charge in [0.25, 0.3) is 0 Å². The molecule has 0 aliphatic carbocycles. The highest BCUT2D eigenvalue weighted by Crippen LogP contribution is 2.39. The van der Waals surface area contributed by atoms with Gasteiger partial charge in [-0.2, -0.15) is 13.2 Å². The molecule has 2 heterocycles. The Morgan fingerprint density at radius 2 is 1.82 bits per heavy atom. The van der Waals surface area contributed by atoms with Gasteiger partial charge in [0.15, 0.2) is 0 Å². The molecule has 22 heavy (non-hydrogen) atoms. The normalized spacial score (nSPS) is 11.8. The van der Waals surface area contributed by atoms with E-state index in [0.717, 1.165) is 10.9 Å². The molecule has 0 spiro atoms. The zero-order valence-electron chi connectivity index (χ0n) is 11.4. The Morgan fingerprint density at radius 1 is 1.00 bits per heavy atom. The molecule has 0 atom stereocenters. The van der Waals surface area contributed by atoms with Crippen molar-refractivity contribution in [2.75, 3.05) is 0 Å². The molecular weight excluding hydrogens is 291 g/mol. The molecule has 0 aliphatic rings. The van der Waals surface area contributed by atoms with Crippen molar-refractivity contribution in [3.8, 4) is 11.1 Å². The van der Waals surface area contributed by atoms with E-state index in [2.05, 4.69) is 9.97 Å². The summed E-state index contributed by atoms with van der Waals surface area (Å²) < 4.78 is 40.2.